The summed E-state index contributed by atoms with van der Waals surface area (Å²) in [5.41, 5.74) is 0.712. The minimum atomic E-state index is -0.777. The van der Waals surface area contributed by atoms with E-state index in [0.717, 1.165) is 5.56 Å². The van der Waals surface area contributed by atoms with Gasteiger partial charge in [-0.2, -0.15) is 5.26 Å². The highest BCUT2D eigenvalue weighted by molar-refractivity contribution is 5.86. The number of rotatable bonds is 3. The fourth-order valence-electron chi connectivity index (χ4n) is 2.82. The minimum absolute atomic E-state index is 0.0677. The molecule has 0 aromatic heterocycles. The average molecular weight is 359 g/mol. The lowest BCUT2D eigenvalue weighted by Crippen LogP contribution is -2.48. The van der Waals surface area contributed by atoms with Gasteiger partial charge >= 0.3 is 6.09 Å². The molecular formula is C19H25N3O4. The molecule has 0 saturated carbocycles. The molecule has 1 aliphatic heterocycles. The van der Waals surface area contributed by atoms with Crippen molar-refractivity contribution in [1.82, 2.24) is 10.2 Å². The molecule has 0 bridgehead atoms. The zero-order chi connectivity index (χ0) is 19.5. The molecule has 1 heterocycles. The molecule has 1 aliphatic rings. The number of nitrogens with one attached hydrogen (secondary N) is 1. The molecule has 1 aromatic rings. The summed E-state index contributed by atoms with van der Waals surface area (Å²) in [6.07, 6.45) is -1.20. The topological polar surface area (TPSA) is 103 Å². The summed E-state index contributed by atoms with van der Waals surface area (Å²) < 4.78 is 5.33. The van der Waals surface area contributed by atoms with E-state index in [-0.39, 0.29) is 24.9 Å². The van der Waals surface area contributed by atoms with Gasteiger partial charge in [-0.05, 0) is 45.4 Å². The Morgan fingerprint density at radius 1 is 1.35 bits per heavy atom. The van der Waals surface area contributed by atoms with Gasteiger partial charge in [0.25, 0.3) is 0 Å². The van der Waals surface area contributed by atoms with Gasteiger partial charge in [-0.25, -0.2) is 4.79 Å². The lowest BCUT2D eigenvalue weighted by Gasteiger charge is -2.28. The van der Waals surface area contributed by atoms with Crippen LogP contribution in [-0.4, -0.2) is 46.3 Å². The van der Waals surface area contributed by atoms with Crippen molar-refractivity contribution < 1.29 is 19.4 Å². The van der Waals surface area contributed by atoms with Crippen molar-refractivity contribution in [3.8, 4) is 6.07 Å². The number of carbonyl (C=O) groups excluding carboxylic acids is 2. The van der Waals surface area contributed by atoms with E-state index in [1.54, 1.807) is 45.0 Å². The number of hydrogen-bond donors (Lipinski definition) is 2. The van der Waals surface area contributed by atoms with Crippen LogP contribution in [0.3, 0.4) is 0 Å². The van der Waals surface area contributed by atoms with Gasteiger partial charge in [0.15, 0.2) is 0 Å². The van der Waals surface area contributed by atoms with E-state index in [1.165, 1.54) is 4.90 Å². The van der Waals surface area contributed by atoms with Crippen molar-refractivity contribution >= 4 is 12.0 Å². The molecule has 2 rings (SSSR count). The average Bonchev–Trinajstić information content (AvgIpc) is 2.95. The van der Waals surface area contributed by atoms with Crippen LogP contribution in [0.15, 0.2) is 24.3 Å². The van der Waals surface area contributed by atoms with E-state index in [1.807, 2.05) is 13.0 Å². The predicted octanol–water partition coefficient (Wildman–Crippen LogP) is 2.11. The largest absolute Gasteiger partial charge is 0.444 e. The second-order valence-electron chi connectivity index (χ2n) is 7.50. The highest BCUT2D eigenvalue weighted by Crippen LogP contribution is 2.23. The summed E-state index contributed by atoms with van der Waals surface area (Å²) in [6.45, 7) is 7.14. The third-order valence-corrected chi connectivity index (χ3v) is 4.11. The predicted molar refractivity (Wildman–Crippen MR) is 95.1 cm³/mol. The number of benzene rings is 1. The van der Waals surface area contributed by atoms with Crippen molar-refractivity contribution in [3.63, 3.8) is 0 Å². The van der Waals surface area contributed by atoms with Crippen LogP contribution < -0.4 is 5.32 Å². The molecule has 0 radical (unpaired) electrons. The van der Waals surface area contributed by atoms with Crippen LogP contribution >= 0.6 is 0 Å². The van der Waals surface area contributed by atoms with Crippen LogP contribution in [0.4, 0.5) is 4.79 Å². The Balaban J connectivity index is 2.06. The molecule has 2 N–H and O–H groups in total. The van der Waals surface area contributed by atoms with Crippen LogP contribution in [0, 0.1) is 11.3 Å². The monoisotopic (exact) mass is 359 g/mol. The standard InChI is InChI=1S/C19H25N3O4/c1-12(14-7-5-13(10-20)6-8-14)21-17(24)16-9-15(23)11-22(16)18(25)26-19(2,3)4/h5-8,12,15-16,23H,9,11H2,1-4H3,(H,21,24)/t12-,15+,16?/m0/s1. The lowest BCUT2D eigenvalue weighted by atomic mass is 10.1. The molecule has 1 fully saturated rings. The normalized spacial score (nSPS) is 21.0. The van der Waals surface area contributed by atoms with Gasteiger partial charge in [-0.1, -0.05) is 12.1 Å². The number of nitrogens with zero attached hydrogens (tertiary/aromatic N) is 2. The number of likely N-dealkylation sites (tertiary alicyclic amines) is 1. The molecule has 0 aliphatic carbocycles. The number of aliphatic hydroxyl groups excluding tert-OH is 1. The minimum Gasteiger partial charge on any atom is -0.444 e. The number of ether oxygens (including phenoxy) is 1. The van der Waals surface area contributed by atoms with Gasteiger partial charge in [0, 0.05) is 6.42 Å². The first kappa shape index (κ1) is 19.7. The van der Waals surface area contributed by atoms with E-state index >= 15 is 0 Å². The van der Waals surface area contributed by atoms with Crippen LogP contribution in [-0.2, 0) is 9.53 Å². The van der Waals surface area contributed by atoms with E-state index in [4.69, 9.17) is 10.00 Å². The summed E-state index contributed by atoms with van der Waals surface area (Å²) in [5, 5.41) is 21.6. The molecule has 7 heteroatoms. The van der Waals surface area contributed by atoms with Crippen molar-refractivity contribution in [2.75, 3.05) is 6.54 Å². The first-order valence-electron chi connectivity index (χ1n) is 8.59. The smallest absolute Gasteiger partial charge is 0.411 e. The van der Waals surface area contributed by atoms with Gasteiger partial charge in [-0.3, -0.25) is 9.69 Å². The Labute approximate surface area is 153 Å². The zero-order valence-corrected chi connectivity index (χ0v) is 15.5. The molecule has 2 amide bonds. The van der Waals surface area contributed by atoms with Crippen molar-refractivity contribution in [1.29, 1.82) is 5.26 Å². The van der Waals surface area contributed by atoms with Crippen LogP contribution in [0.5, 0.6) is 0 Å². The first-order valence-corrected chi connectivity index (χ1v) is 8.59. The molecule has 1 aromatic carbocycles. The molecule has 26 heavy (non-hydrogen) atoms. The quantitative estimate of drug-likeness (QED) is 0.860. The fourth-order valence-corrected chi connectivity index (χ4v) is 2.82. The maximum Gasteiger partial charge on any atom is 0.411 e. The Kier molecular flexibility index (Phi) is 5.88. The molecule has 1 saturated heterocycles. The summed E-state index contributed by atoms with van der Waals surface area (Å²) in [4.78, 5) is 26.3. The van der Waals surface area contributed by atoms with Crippen molar-refractivity contribution in [2.45, 2.75) is 57.9 Å². The van der Waals surface area contributed by atoms with E-state index in [9.17, 15) is 14.7 Å². The van der Waals surface area contributed by atoms with Gasteiger partial charge in [0.2, 0.25) is 5.91 Å². The van der Waals surface area contributed by atoms with Crippen LogP contribution in [0.1, 0.15) is 51.3 Å². The van der Waals surface area contributed by atoms with Gasteiger partial charge < -0.3 is 15.2 Å². The SMILES string of the molecule is C[C@H](NC(=O)C1C[C@@H](O)CN1C(=O)OC(C)(C)C)c1ccc(C#N)cc1. The second kappa shape index (κ2) is 7.75. The first-order chi connectivity index (χ1) is 12.1. The summed E-state index contributed by atoms with van der Waals surface area (Å²) in [6, 6.07) is 7.89. The Bertz CT molecular complexity index is 703. The van der Waals surface area contributed by atoms with Gasteiger partial charge in [0.05, 0.1) is 30.3 Å². The third kappa shape index (κ3) is 4.96. The number of β-amino-alcohol motifs (C(OH)–C–C–N with tert-alkyl or cyclic N) is 1. The highest BCUT2D eigenvalue weighted by Gasteiger charge is 2.41. The molecule has 140 valence electrons. The Morgan fingerprint density at radius 2 is 1.96 bits per heavy atom. The summed E-state index contributed by atoms with van der Waals surface area (Å²) in [5.74, 6) is -0.343. The molecule has 7 nitrogen and oxygen atoms in total. The zero-order valence-electron chi connectivity index (χ0n) is 15.5. The number of amides is 2. The Hall–Kier alpha value is -2.59. The van der Waals surface area contributed by atoms with Gasteiger partial charge in [0.1, 0.15) is 11.6 Å². The molecular weight excluding hydrogens is 334 g/mol. The summed E-state index contributed by atoms with van der Waals surface area (Å²) >= 11 is 0. The second-order valence-corrected chi connectivity index (χ2v) is 7.50. The maximum absolute atomic E-state index is 12.7. The third-order valence-electron chi connectivity index (χ3n) is 4.11. The van der Waals surface area contributed by atoms with E-state index < -0.39 is 23.8 Å². The number of carbonyl (C=O) groups is 2. The van der Waals surface area contributed by atoms with Gasteiger partial charge in [-0.15, -0.1) is 0 Å². The van der Waals surface area contributed by atoms with Crippen LogP contribution in [0.2, 0.25) is 0 Å². The number of hydrogen-bond acceptors (Lipinski definition) is 5. The molecule has 3 atom stereocenters. The molecule has 0 spiro atoms. The summed E-state index contributed by atoms with van der Waals surface area (Å²) in [7, 11) is 0. The fraction of sp³-hybridized carbons (Fsp3) is 0.526. The number of aliphatic hydroxyl groups is 1. The van der Waals surface area contributed by atoms with Crippen LogP contribution in [0.25, 0.3) is 0 Å². The maximum atomic E-state index is 12.7. The lowest BCUT2D eigenvalue weighted by molar-refractivity contribution is -0.126. The number of nitriles is 1. The Morgan fingerprint density at radius 3 is 2.50 bits per heavy atom. The highest BCUT2D eigenvalue weighted by atomic mass is 16.6. The van der Waals surface area contributed by atoms with Crippen molar-refractivity contribution in [3.05, 3.63) is 35.4 Å². The van der Waals surface area contributed by atoms with E-state index in [2.05, 4.69) is 5.32 Å². The van der Waals surface area contributed by atoms with E-state index in [0.29, 0.717) is 5.56 Å². The van der Waals surface area contributed by atoms with Crippen molar-refractivity contribution in [2.24, 2.45) is 0 Å². The molecule has 1 unspecified atom stereocenters.